The molecule has 0 spiro atoms. The van der Waals surface area contributed by atoms with E-state index in [1.807, 2.05) is 0 Å². The highest BCUT2D eigenvalue weighted by Crippen LogP contribution is 2.42. The summed E-state index contributed by atoms with van der Waals surface area (Å²) < 4.78 is 2.51. The van der Waals surface area contributed by atoms with Crippen molar-refractivity contribution in [3.63, 3.8) is 0 Å². The van der Waals surface area contributed by atoms with Crippen LogP contribution in [-0.4, -0.2) is 11.3 Å². The Kier molecular flexibility index (Phi) is 4.05. The Hall–Kier alpha value is -4.24. The molecule has 5 aromatic carbocycles. The summed E-state index contributed by atoms with van der Waals surface area (Å²) >= 11 is 0. The molecular formula is C34H27BN2. The van der Waals surface area contributed by atoms with Crippen LogP contribution in [0.15, 0.2) is 109 Å². The van der Waals surface area contributed by atoms with Crippen LogP contribution in [0, 0.1) is 0 Å². The van der Waals surface area contributed by atoms with Gasteiger partial charge in [-0.2, -0.15) is 0 Å². The SMILES string of the molecule is CC(C)(C)c1ccc2c(c1)N(c1ccccc1)c1cccc3c1B2c1cccc2c4ccccc4n-3c12. The Morgan fingerprint density at radius 3 is 2.16 bits per heavy atom. The van der Waals surface area contributed by atoms with Gasteiger partial charge in [0.05, 0.1) is 5.52 Å². The minimum atomic E-state index is 0.0680. The van der Waals surface area contributed by atoms with Crippen LogP contribution in [0.5, 0.6) is 0 Å². The van der Waals surface area contributed by atoms with Gasteiger partial charge in [0.1, 0.15) is 0 Å². The van der Waals surface area contributed by atoms with E-state index in [2.05, 4.69) is 139 Å². The quantitative estimate of drug-likeness (QED) is 0.241. The summed E-state index contributed by atoms with van der Waals surface area (Å²) in [5, 5.41) is 2.65. The molecule has 2 nitrogen and oxygen atoms in total. The molecule has 8 rings (SSSR count). The molecule has 2 aliphatic rings. The molecule has 0 unspecified atom stereocenters. The van der Waals surface area contributed by atoms with E-state index < -0.39 is 0 Å². The Labute approximate surface area is 217 Å². The van der Waals surface area contributed by atoms with Crippen LogP contribution in [0.2, 0.25) is 0 Å². The Bertz CT molecular complexity index is 1870. The van der Waals surface area contributed by atoms with Crippen LogP contribution in [0.3, 0.4) is 0 Å². The fourth-order valence-corrected chi connectivity index (χ4v) is 6.67. The second-order valence-corrected chi connectivity index (χ2v) is 11.4. The van der Waals surface area contributed by atoms with E-state index in [-0.39, 0.29) is 12.1 Å². The number of para-hydroxylation sites is 3. The number of hydrogen-bond acceptors (Lipinski definition) is 1. The van der Waals surface area contributed by atoms with Gasteiger partial charge in [-0.15, -0.1) is 0 Å². The second kappa shape index (κ2) is 7.17. The largest absolute Gasteiger partial charge is 0.311 e. The number of fused-ring (bicyclic) bond motifs is 7. The fraction of sp³-hybridized carbons (Fsp3) is 0.118. The zero-order valence-corrected chi connectivity index (χ0v) is 21.4. The molecule has 0 bridgehead atoms. The normalized spacial score (nSPS) is 13.7. The predicted molar refractivity (Wildman–Crippen MR) is 159 cm³/mol. The molecule has 3 heterocycles. The molecule has 6 aromatic rings. The smallest absolute Gasteiger partial charge is 0.252 e. The maximum Gasteiger partial charge on any atom is 0.252 e. The average Bonchev–Trinajstić information content (AvgIpc) is 3.26. The maximum absolute atomic E-state index is 2.51. The molecular weight excluding hydrogens is 447 g/mol. The summed E-state index contributed by atoms with van der Waals surface area (Å²) in [6, 6.07) is 40.6. The van der Waals surface area contributed by atoms with E-state index in [4.69, 9.17) is 0 Å². The summed E-state index contributed by atoms with van der Waals surface area (Å²) in [4.78, 5) is 2.48. The molecule has 1 aromatic heterocycles. The molecule has 2 aliphatic heterocycles. The first-order valence-corrected chi connectivity index (χ1v) is 13.2. The first-order valence-electron chi connectivity index (χ1n) is 13.2. The molecule has 0 aliphatic carbocycles. The van der Waals surface area contributed by atoms with Gasteiger partial charge < -0.3 is 9.47 Å². The van der Waals surface area contributed by atoms with Crippen molar-refractivity contribution < 1.29 is 0 Å². The zero-order valence-electron chi connectivity index (χ0n) is 21.4. The number of anilines is 3. The summed E-state index contributed by atoms with van der Waals surface area (Å²) in [6.07, 6.45) is 0. The Morgan fingerprint density at radius 2 is 1.32 bits per heavy atom. The van der Waals surface area contributed by atoms with Gasteiger partial charge in [0.15, 0.2) is 0 Å². The van der Waals surface area contributed by atoms with Crippen LogP contribution in [-0.2, 0) is 5.41 Å². The Morgan fingerprint density at radius 1 is 0.595 bits per heavy atom. The first kappa shape index (κ1) is 20.9. The van der Waals surface area contributed by atoms with Crippen molar-refractivity contribution in [2.24, 2.45) is 0 Å². The Balaban J connectivity index is 1.55. The van der Waals surface area contributed by atoms with Gasteiger partial charge >= 0.3 is 0 Å². The highest BCUT2D eigenvalue weighted by Gasteiger charge is 2.41. The lowest BCUT2D eigenvalue weighted by Crippen LogP contribution is -2.60. The highest BCUT2D eigenvalue weighted by atomic mass is 15.2. The molecule has 0 saturated heterocycles. The third-order valence-electron chi connectivity index (χ3n) is 8.33. The van der Waals surface area contributed by atoms with Crippen LogP contribution >= 0.6 is 0 Å². The molecule has 0 amide bonds. The van der Waals surface area contributed by atoms with Crippen molar-refractivity contribution in [3.05, 3.63) is 115 Å². The summed E-state index contributed by atoms with van der Waals surface area (Å²) in [5.74, 6) is 0. The predicted octanol–water partition coefficient (Wildman–Crippen LogP) is 6.69. The summed E-state index contributed by atoms with van der Waals surface area (Å²) in [5.41, 5.74) is 13.3. The molecule has 37 heavy (non-hydrogen) atoms. The highest BCUT2D eigenvalue weighted by molar-refractivity contribution is 7.00. The van der Waals surface area contributed by atoms with E-state index >= 15 is 0 Å². The first-order chi connectivity index (χ1) is 18.0. The number of rotatable bonds is 1. The van der Waals surface area contributed by atoms with E-state index in [0.29, 0.717) is 0 Å². The van der Waals surface area contributed by atoms with Crippen LogP contribution in [0.1, 0.15) is 26.3 Å². The monoisotopic (exact) mass is 474 g/mol. The number of hydrogen-bond donors (Lipinski definition) is 0. The standard InChI is InChI=1S/C34H27BN2/c1-34(2,3)22-19-20-26-31(21-22)36(23-11-5-4-6-12-23)29-17-10-18-30-32(29)35(26)27-15-9-14-25-24-13-7-8-16-28(24)37(30)33(25)27/h4-21H,1-3H3. The second-order valence-electron chi connectivity index (χ2n) is 11.4. The van der Waals surface area contributed by atoms with Gasteiger partial charge in [-0.05, 0) is 63.8 Å². The number of aromatic nitrogens is 1. The lowest BCUT2D eigenvalue weighted by Gasteiger charge is -2.41. The van der Waals surface area contributed by atoms with E-state index in [9.17, 15) is 0 Å². The van der Waals surface area contributed by atoms with Gasteiger partial charge in [0.25, 0.3) is 6.71 Å². The van der Waals surface area contributed by atoms with Crippen molar-refractivity contribution in [2.75, 3.05) is 4.90 Å². The van der Waals surface area contributed by atoms with Gasteiger partial charge in [0, 0.05) is 39.0 Å². The molecule has 0 saturated carbocycles. The summed E-state index contributed by atoms with van der Waals surface area (Å²) in [7, 11) is 0. The lowest BCUT2D eigenvalue weighted by molar-refractivity contribution is 0.590. The molecule has 0 N–H and O–H groups in total. The topological polar surface area (TPSA) is 8.17 Å². The van der Waals surface area contributed by atoms with E-state index in [1.54, 1.807) is 0 Å². The van der Waals surface area contributed by atoms with Crippen molar-refractivity contribution in [2.45, 2.75) is 26.2 Å². The molecule has 0 fully saturated rings. The lowest BCUT2D eigenvalue weighted by atomic mass is 9.33. The fourth-order valence-electron chi connectivity index (χ4n) is 6.67. The molecule has 0 atom stereocenters. The van der Waals surface area contributed by atoms with Crippen LogP contribution in [0.25, 0.3) is 27.5 Å². The minimum absolute atomic E-state index is 0.0680. The maximum atomic E-state index is 2.51. The van der Waals surface area contributed by atoms with Gasteiger partial charge in [-0.1, -0.05) is 93.6 Å². The van der Waals surface area contributed by atoms with Gasteiger partial charge in [-0.25, -0.2) is 0 Å². The average molecular weight is 474 g/mol. The minimum Gasteiger partial charge on any atom is -0.311 e. The van der Waals surface area contributed by atoms with Crippen molar-refractivity contribution >= 4 is 62.0 Å². The molecule has 176 valence electrons. The molecule has 0 radical (unpaired) electrons. The van der Waals surface area contributed by atoms with Crippen LogP contribution < -0.4 is 21.3 Å². The van der Waals surface area contributed by atoms with Crippen LogP contribution in [0.4, 0.5) is 17.1 Å². The summed E-state index contributed by atoms with van der Waals surface area (Å²) in [6.45, 7) is 7.10. The van der Waals surface area contributed by atoms with Gasteiger partial charge in [0.2, 0.25) is 0 Å². The number of nitrogens with zero attached hydrogens (tertiary/aromatic N) is 2. The zero-order chi connectivity index (χ0) is 24.9. The van der Waals surface area contributed by atoms with Crippen molar-refractivity contribution in [1.82, 2.24) is 4.57 Å². The molecule has 3 heteroatoms. The number of benzene rings is 5. The third-order valence-corrected chi connectivity index (χ3v) is 8.33. The van der Waals surface area contributed by atoms with E-state index in [1.165, 1.54) is 66.5 Å². The van der Waals surface area contributed by atoms with E-state index in [0.717, 1.165) is 0 Å². The third kappa shape index (κ3) is 2.72. The van der Waals surface area contributed by atoms with Crippen molar-refractivity contribution in [1.29, 1.82) is 0 Å². The van der Waals surface area contributed by atoms with Gasteiger partial charge in [-0.3, -0.25) is 0 Å². The van der Waals surface area contributed by atoms with Crippen molar-refractivity contribution in [3.8, 4) is 5.69 Å².